The number of aliphatic hydroxyl groups excluding tert-OH is 1. The minimum Gasteiger partial charge on any atom is -0.395 e. The second-order valence-electron chi connectivity index (χ2n) is 4.28. The van der Waals surface area contributed by atoms with Gasteiger partial charge in [-0.05, 0) is 24.7 Å². The molecule has 0 aromatic heterocycles. The number of allylic oxidation sites excluding steroid dienone is 2. The lowest BCUT2D eigenvalue weighted by atomic mass is 9.72. The fraction of sp³-hybridized carbons (Fsp3) is 0.727. The molecule has 0 spiro atoms. The van der Waals surface area contributed by atoms with Crippen molar-refractivity contribution < 1.29 is 9.90 Å². The quantitative estimate of drug-likeness (QED) is 0.669. The van der Waals surface area contributed by atoms with E-state index in [0.717, 1.165) is 12.8 Å². The average molecular weight is 180 g/mol. The Morgan fingerprint density at radius 1 is 1.62 bits per heavy atom. The van der Waals surface area contributed by atoms with Crippen LogP contribution in [0.25, 0.3) is 0 Å². The van der Waals surface area contributed by atoms with E-state index in [1.807, 2.05) is 6.92 Å². The second kappa shape index (κ2) is 2.95. The largest absolute Gasteiger partial charge is 0.395 e. The van der Waals surface area contributed by atoms with E-state index in [9.17, 15) is 9.90 Å². The summed E-state index contributed by atoms with van der Waals surface area (Å²) in [6, 6.07) is 0. The highest BCUT2D eigenvalue weighted by Gasteiger charge is 2.51. The molecule has 2 rings (SSSR count). The number of Topliss-reactive ketones (excluding diaryl/α,β-unsaturated/α-hetero) is 1. The van der Waals surface area contributed by atoms with Gasteiger partial charge >= 0.3 is 0 Å². The van der Waals surface area contributed by atoms with Gasteiger partial charge in [0.15, 0.2) is 0 Å². The number of aliphatic hydroxyl groups is 1. The highest BCUT2D eigenvalue weighted by Crippen LogP contribution is 2.52. The minimum absolute atomic E-state index is 0.0329. The molecule has 0 aliphatic heterocycles. The third-order valence-corrected chi connectivity index (χ3v) is 3.67. The zero-order chi connectivity index (χ0) is 9.47. The van der Waals surface area contributed by atoms with Crippen LogP contribution in [-0.2, 0) is 4.79 Å². The van der Waals surface area contributed by atoms with Crippen molar-refractivity contribution in [3.63, 3.8) is 0 Å². The minimum atomic E-state index is -0.409. The van der Waals surface area contributed by atoms with Crippen LogP contribution in [0.4, 0.5) is 0 Å². The third kappa shape index (κ3) is 1.08. The maximum Gasteiger partial charge on any atom is 0.141 e. The predicted molar refractivity (Wildman–Crippen MR) is 50.2 cm³/mol. The number of carbonyl (C=O) groups is 1. The Morgan fingerprint density at radius 2 is 2.38 bits per heavy atom. The molecule has 0 aromatic rings. The Kier molecular flexibility index (Phi) is 2.03. The van der Waals surface area contributed by atoms with Gasteiger partial charge < -0.3 is 5.11 Å². The van der Waals surface area contributed by atoms with Crippen molar-refractivity contribution >= 4 is 5.78 Å². The summed E-state index contributed by atoms with van der Waals surface area (Å²) in [4.78, 5) is 11.8. The number of rotatable bonds is 3. The standard InChI is InChI=1S/C11H16O2/c1-2-10(13)11(7-12)6-8-3-4-9(11)5-8/h3-4,8-9,12H,2,5-7H2,1H3. The number of fused-ring (bicyclic) bond motifs is 2. The molecule has 2 nitrogen and oxygen atoms in total. The molecular weight excluding hydrogens is 164 g/mol. The normalized spacial score (nSPS) is 41.4. The first kappa shape index (κ1) is 8.95. The molecule has 2 aliphatic rings. The molecule has 0 radical (unpaired) electrons. The SMILES string of the molecule is CCC(=O)C1(CO)CC2C=CC1C2. The molecule has 2 heteroatoms. The van der Waals surface area contributed by atoms with Crippen molar-refractivity contribution in [3.8, 4) is 0 Å². The Bertz CT molecular complexity index is 257. The molecule has 3 unspecified atom stereocenters. The lowest BCUT2D eigenvalue weighted by molar-refractivity contribution is -0.132. The van der Waals surface area contributed by atoms with Gasteiger partial charge in [0.25, 0.3) is 0 Å². The number of ketones is 1. The summed E-state index contributed by atoms with van der Waals surface area (Å²) >= 11 is 0. The Balaban J connectivity index is 2.27. The van der Waals surface area contributed by atoms with Crippen LogP contribution >= 0.6 is 0 Å². The Labute approximate surface area is 78.6 Å². The molecule has 2 bridgehead atoms. The Hall–Kier alpha value is -0.630. The third-order valence-electron chi connectivity index (χ3n) is 3.67. The zero-order valence-corrected chi connectivity index (χ0v) is 7.99. The molecule has 0 aromatic carbocycles. The van der Waals surface area contributed by atoms with Gasteiger partial charge in [-0.2, -0.15) is 0 Å². The van der Waals surface area contributed by atoms with E-state index in [4.69, 9.17) is 0 Å². The van der Waals surface area contributed by atoms with Crippen molar-refractivity contribution in [2.24, 2.45) is 17.3 Å². The van der Waals surface area contributed by atoms with Crippen molar-refractivity contribution in [2.45, 2.75) is 26.2 Å². The molecule has 72 valence electrons. The van der Waals surface area contributed by atoms with E-state index < -0.39 is 5.41 Å². The van der Waals surface area contributed by atoms with Crippen LogP contribution in [0, 0.1) is 17.3 Å². The first-order valence-corrected chi connectivity index (χ1v) is 5.05. The summed E-state index contributed by atoms with van der Waals surface area (Å²) in [7, 11) is 0. The van der Waals surface area contributed by atoms with Gasteiger partial charge in [-0.15, -0.1) is 0 Å². The topological polar surface area (TPSA) is 37.3 Å². The van der Waals surface area contributed by atoms with Crippen molar-refractivity contribution in [1.29, 1.82) is 0 Å². The lowest BCUT2D eigenvalue weighted by Crippen LogP contribution is -2.38. The van der Waals surface area contributed by atoms with Crippen LogP contribution < -0.4 is 0 Å². The maximum atomic E-state index is 11.8. The van der Waals surface area contributed by atoms with Crippen LogP contribution in [0.1, 0.15) is 26.2 Å². The van der Waals surface area contributed by atoms with Crippen LogP contribution in [0.2, 0.25) is 0 Å². The van der Waals surface area contributed by atoms with E-state index in [1.165, 1.54) is 0 Å². The molecule has 2 aliphatic carbocycles. The summed E-state index contributed by atoms with van der Waals surface area (Å²) in [6.07, 6.45) is 6.82. The smallest absolute Gasteiger partial charge is 0.141 e. The van der Waals surface area contributed by atoms with Crippen molar-refractivity contribution in [2.75, 3.05) is 6.61 Å². The van der Waals surface area contributed by atoms with Crippen LogP contribution in [0.5, 0.6) is 0 Å². The molecule has 13 heavy (non-hydrogen) atoms. The first-order valence-electron chi connectivity index (χ1n) is 5.05. The number of hydrogen-bond donors (Lipinski definition) is 1. The zero-order valence-electron chi connectivity index (χ0n) is 7.99. The highest BCUT2D eigenvalue weighted by atomic mass is 16.3. The van der Waals surface area contributed by atoms with Gasteiger partial charge in [-0.3, -0.25) is 4.79 Å². The second-order valence-corrected chi connectivity index (χ2v) is 4.28. The summed E-state index contributed by atoms with van der Waals surface area (Å²) in [6.45, 7) is 1.92. The Morgan fingerprint density at radius 3 is 2.77 bits per heavy atom. The molecule has 0 saturated heterocycles. The van der Waals surface area contributed by atoms with Crippen LogP contribution in [0.3, 0.4) is 0 Å². The van der Waals surface area contributed by atoms with Gasteiger partial charge in [0, 0.05) is 6.42 Å². The highest BCUT2D eigenvalue weighted by molar-refractivity contribution is 5.86. The lowest BCUT2D eigenvalue weighted by Gasteiger charge is -2.31. The van der Waals surface area contributed by atoms with E-state index >= 15 is 0 Å². The fourth-order valence-electron chi connectivity index (χ4n) is 2.90. The van der Waals surface area contributed by atoms with Gasteiger partial charge in [0.05, 0.1) is 12.0 Å². The number of hydrogen-bond acceptors (Lipinski definition) is 2. The van der Waals surface area contributed by atoms with Crippen molar-refractivity contribution in [1.82, 2.24) is 0 Å². The first-order chi connectivity index (χ1) is 6.23. The summed E-state index contributed by atoms with van der Waals surface area (Å²) in [5, 5.41) is 9.39. The molecule has 1 N–H and O–H groups in total. The average Bonchev–Trinajstić information content (AvgIpc) is 2.75. The van der Waals surface area contributed by atoms with Gasteiger partial charge in [0.2, 0.25) is 0 Å². The van der Waals surface area contributed by atoms with E-state index in [-0.39, 0.29) is 12.4 Å². The molecule has 0 amide bonds. The summed E-state index contributed by atoms with van der Waals surface area (Å²) < 4.78 is 0. The van der Waals surface area contributed by atoms with E-state index in [0.29, 0.717) is 18.3 Å². The predicted octanol–water partition coefficient (Wildman–Crippen LogP) is 1.54. The van der Waals surface area contributed by atoms with Crippen LogP contribution in [-0.4, -0.2) is 17.5 Å². The fourth-order valence-corrected chi connectivity index (χ4v) is 2.90. The maximum absolute atomic E-state index is 11.8. The van der Waals surface area contributed by atoms with Gasteiger partial charge in [0.1, 0.15) is 5.78 Å². The van der Waals surface area contributed by atoms with Gasteiger partial charge in [-0.25, -0.2) is 0 Å². The summed E-state index contributed by atoms with van der Waals surface area (Å²) in [5.41, 5.74) is -0.409. The molecule has 1 saturated carbocycles. The summed E-state index contributed by atoms with van der Waals surface area (Å²) in [5.74, 6) is 1.11. The molecular formula is C11H16O2. The van der Waals surface area contributed by atoms with E-state index in [2.05, 4.69) is 12.2 Å². The molecule has 0 heterocycles. The van der Waals surface area contributed by atoms with Crippen LogP contribution in [0.15, 0.2) is 12.2 Å². The van der Waals surface area contributed by atoms with E-state index in [1.54, 1.807) is 0 Å². The molecule has 1 fully saturated rings. The van der Waals surface area contributed by atoms with Gasteiger partial charge in [-0.1, -0.05) is 19.1 Å². The number of carbonyl (C=O) groups excluding carboxylic acids is 1. The molecule has 3 atom stereocenters. The monoisotopic (exact) mass is 180 g/mol. The van der Waals surface area contributed by atoms with Crippen molar-refractivity contribution in [3.05, 3.63) is 12.2 Å².